The molecule has 0 atom stereocenters. The summed E-state index contributed by atoms with van der Waals surface area (Å²) < 4.78 is 12.8. The molecule has 0 aromatic carbocycles. The summed E-state index contributed by atoms with van der Waals surface area (Å²) in [6.07, 6.45) is 1.29. The van der Waals surface area contributed by atoms with Crippen LogP contribution in [0.2, 0.25) is 77.6 Å². The van der Waals surface area contributed by atoms with E-state index < -0.39 is 33.3 Å². The van der Waals surface area contributed by atoms with Crippen LogP contribution in [-0.4, -0.2) is 33.3 Å². The highest BCUT2D eigenvalue weighted by molar-refractivity contribution is 6.85. The van der Waals surface area contributed by atoms with Crippen LogP contribution in [0.25, 0.3) is 0 Å². The van der Waals surface area contributed by atoms with Gasteiger partial charge < -0.3 is 8.23 Å². The van der Waals surface area contributed by atoms with Crippen molar-refractivity contribution in [2.24, 2.45) is 0 Å². The Morgan fingerprint density at radius 1 is 0.423 bits per heavy atom. The highest BCUT2D eigenvalue weighted by Crippen LogP contribution is 2.25. The molecule has 0 aliphatic carbocycles. The maximum Gasteiger partial charge on any atom is 0.173 e. The van der Waals surface area contributed by atoms with Crippen LogP contribution in [0.1, 0.15) is 58.4 Å². The van der Waals surface area contributed by atoms with E-state index in [9.17, 15) is 0 Å². The minimum Gasteiger partial charge on any atom is -0.456 e. The molecule has 0 rings (SSSR count). The third-order valence-electron chi connectivity index (χ3n) is 2.72. The van der Waals surface area contributed by atoms with E-state index in [4.69, 9.17) is 8.23 Å². The molecule has 0 fully saturated rings. The van der Waals surface area contributed by atoms with Crippen molar-refractivity contribution in [3.63, 3.8) is 0 Å². The zero-order valence-corrected chi connectivity index (χ0v) is 18.9. The quantitative estimate of drug-likeness (QED) is 0.344. The molecule has 6 heteroatoms. The molecule has 0 bridgehead atoms. The van der Waals surface area contributed by atoms with Crippen molar-refractivity contribution in [1.82, 2.24) is 0 Å². The number of rotatable bonds is 8. The normalized spacial score (nSPS) is 10.8. The van der Waals surface area contributed by atoms with E-state index in [1.165, 1.54) is 18.5 Å². The minimum absolute atomic E-state index is 0. The lowest BCUT2D eigenvalue weighted by Gasteiger charge is -2.34. The average Bonchev–Trinajstić information content (AvgIpc) is 1.90. The highest BCUT2D eigenvalue weighted by Gasteiger charge is 2.32. The molecular weight excluding hydrogens is 385 g/mol. The fourth-order valence-corrected chi connectivity index (χ4v) is 19.2. The zero-order chi connectivity index (χ0) is 15.5. The van der Waals surface area contributed by atoms with E-state index in [0.29, 0.717) is 0 Å². The van der Waals surface area contributed by atoms with E-state index in [0.717, 1.165) is 0 Å². The lowest BCUT2D eigenvalue weighted by atomic mass is 10.6. The van der Waals surface area contributed by atoms with E-state index >= 15 is 0 Å². The van der Waals surface area contributed by atoms with Gasteiger partial charge in [0.2, 0.25) is 0 Å². The lowest BCUT2D eigenvalue weighted by molar-refractivity contribution is 0.535. The van der Waals surface area contributed by atoms with Crippen LogP contribution in [0.4, 0.5) is 0 Å². The van der Waals surface area contributed by atoms with Gasteiger partial charge in [0, 0.05) is 0 Å². The Morgan fingerprint density at radius 3 is 0.769 bits per heavy atom. The van der Waals surface area contributed by atoms with Gasteiger partial charge in [-0.15, -0.1) is 0 Å². The van der Waals surface area contributed by atoms with E-state index in [1.54, 1.807) is 0 Å². The standard InChI is InChI=1S/C13H36O2Si4.7CH4/c1-16(2,3)14-18(7,8)12-11-13-19(9,10)15-17(4,5)6;;;;;;;/h11-13H2,1-10H3;7*1H4. The smallest absolute Gasteiger partial charge is 0.173 e. The van der Waals surface area contributed by atoms with Gasteiger partial charge in [-0.1, -0.05) is 58.4 Å². The highest BCUT2D eigenvalue weighted by atomic mass is 28.4. The summed E-state index contributed by atoms with van der Waals surface area (Å²) in [6, 6.07) is 2.56. The Hall–Kier alpha value is 0.788. The molecule has 0 radical (unpaired) electrons. The van der Waals surface area contributed by atoms with Crippen molar-refractivity contribution in [3.05, 3.63) is 0 Å². The molecule has 0 aliphatic heterocycles. The Morgan fingerprint density at radius 2 is 0.615 bits per heavy atom. The van der Waals surface area contributed by atoms with Crippen LogP contribution in [0.15, 0.2) is 0 Å². The first-order chi connectivity index (χ1) is 8.12. The predicted molar refractivity (Wildman–Crippen MR) is 145 cm³/mol. The summed E-state index contributed by atoms with van der Waals surface area (Å²) in [6.45, 7) is 23.3. The SMILES string of the molecule is C.C.C.C.C.C.C.C[Si](C)(C)O[Si](C)(C)CCC[Si](C)(C)O[Si](C)(C)C. The van der Waals surface area contributed by atoms with Gasteiger partial charge in [0.1, 0.15) is 0 Å². The largest absolute Gasteiger partial charge is 0.456 e. The summed E-state index contributed by atoms with van der Waals surface area (Å²) in [5.74, 6) is 0. The molecule has 0 aliphatic rings. The molecule has 0 N–H and O–H groups in total. The molecule has 0 aromatic rings. The molecule has 0 saturated carbocycles. The molecule has 26 heavy (non-hydrogen) atoms. The lowest BCUT2D eigenvalue weighted by Crippen LogP contribution is -2.44. The van der Waals surface area contributed by atoms with E-state index in [2.05, 4.69) is 65.5 Å². The van der Waals surface area contributed by atoms with Crippen molar-refractivity contribution in [2.75, 3.05) is 0 Å². The molecule has 0 spiro atoms. The van der Waals surface area contributed by atoms with Gasteiger partial charge in [0.05, 0.1) is 0 Å². The van der Waals surface area contributed by atoms with Crippen molar-refractivity contribution >= 4 is 33.3 Å². The van der Waals surface area contributed by atoms with Gasteiger partial charge in [-0.25, -0.2) is 0 Å². The van der Waals surface area contributed by atoms with Gasteiger partial charge in [-0.3, -0.25) is 0 Å². The number of hydrogen-bond donors (Lipinski definition) is 0. The minimum atomic E-state index is -1.46. The van der Waals surface area contributed by atoms with Crippen LogP contribution in [-0.2, 0) is 8.23 Å². The molecule has 0 saturated heterocycles. The Kier molecular flexibility index (Phi) is 34.7. The zero-order valence-electron chi connectivity index (χ0n) is 14.9. The van der Waals surface area contributed by atoms with E-state index in [1.807, 2.05) is 0 Å². The Balaban J connectivity index is -0.0000000771. The van der Waals surface area contributed by atoms with Crippen molar-refractivity contribution in [1.29, 1.82) is 0 Å². The first kappa shape index (κ1) is 50.5. The van der Waals surface area contributed by atoms with Crippen molar-refractivity contribution in [2.45, 2.75) is 136 Å². The fourth-order valence-electron chi connectivity index (χ4n) is 2.70. The van der Waals surface area contributed by atoms with Crippen molar-refractivity contribution in [3.8, 4) is 0 Å². The summed E-state index contributed by atoms with van der Waals surface area (Å²) in [7, 11) is -5.67. The monoisotopic (exact) mass is 448 g/mol. The second kappa shape index (κ2) is 17.9. The molecule has 0 heterocycles. The van der Waals surface area contributed by atoms with Crippen LogP contribution in [0.3, 0.4) is 0 Å². The van der Waals surface area contributed by atoms with Crippen LogP contribution >= 0.6 is 0 Å². The van der Waals surface area contributed by atoms with E-state index in [-0.39, 0.29) is 52.0 Å². The molecule has 2 nitrogen and oxygen atoms in total. The first-order valence-electron chi connectivity index (χ1n) is 7.52. The third kappa shape index (κ3) is 32.5. The number of hydrogen-bond acceptors (Lipinski definition) is 2. The second-order valence-corrected chi connectivity index (χ2v) is 26.9. The Bertz CT molecular complexity index is 253. The molecule has 172 valence electrons. The van der Waals surface area contributed by atoms with Crippen LogP contribution in [0, 0.1) is 0 Å². The third-order valence-corrected chi connectivity index (χ3v) is 15.2. The predicted octanol–water partition coefficient (Wildman–Crippen LogP) is 9.94. The second-order valence-electron chi connectivity index (χ2n) is 8.80. The fraction of sp³-hybridized carbons (Fsp3) is 1.00. The maximum atomic E-state index is 6.40. The summed E-state index contributed by atoms with van der Waals surface area (Å²) in [5, 5.41) is 0. The molecular formula is C20H64O2Si4. The van der Waals surface area contributed by atoms with Gasteiger partial charge in [0.25, 0.3) is 0 Å². The molecule has 0 unspecified atom stereocenters. The average molecular weight is 449 g/mol. The van der Waals surface area contributed by atoms with Crippen LogP contribution < -0.4 is 0 Å². The maximum absolute atomic E-state index is 6.40. The van der Waals surface area contributed by atoms with Crippen molar-refractivity contribution < 1.29 is 8.23 Å². The summed E-state index contributed by atoms with van der Waals surface area (Å²) in [4.78, 5) is 0. The van der Waals surface area contributed by atoms with Gasteiger partial charge in [-0.2, -0.15) is 0 Å². The van der Waals surface area contributed by atoms with Gasteiger partial charge in [0.15, 0.2) is 33.3 Å². The first-order valence-corrected chi connectivity index (χ1v) is 20.6. The topological polar surface area (TPSA) is 18.5 Å². The molecule has 0 amide bonds. The summed E-state index contributed by atoms with van der Waals surface area (Å²) in [5.41, 5.74) is 0. The van der Waals surface area contributed by atoms with Gasteiger partial charge in [-0.05, 0) is 77.6 Å². The molecule has 0 aromatic heterocycles. The summed E-state index contributed by atoms with van der Waals surface area (Å²) >= 11 is 0. The Labute approximate surface area is 177 Å². The van der Waals surface area contributed by atoms with Crippen LogP contribution in [0.5, 0.6) is 0 Å². The van der Waals surface area contributed by atoms with Gasteiger partial charge >= 0.3 is 0 Å².